The topological polar surface area (TPSA) is 287 Å². The van der Waals surface area contributed by atoms with E-state index < -0.39 is 119 Å². The summed E-state index contributed by atoms with van der Waals surface area (Å²) in [5.41, 5.74) is 5.92. The average Bonchev–Trinajstić information content (AvgIpc) is 3.61. The molecule has 0 aromatic carbocycles. The lowest BCUT2D eigenvalue weighted by Gasteiger charge is -2.31. The number of nitrogens with two attached hydrogens (primary N) is 1. The van der Waals surface area contributed by atoms with Gasteiger partial charge in [0.05, 0.1) is 6.04 Å². The van der Waals surface area contributed by atoms with Crippen LogP contribution in [0.4, 0.5) is 0 Å². The molecule has 19 nitrogen and oxygen atoms in total. The maximum Gasteiger partial charge on any atom is 0.326 e. The predicted octanol–water partition coefficient (Wildman–Crippen LogP) is -0.733. The summed E-state index contributed by atoms with van der Waals surface area (Å²) in [6.45, 7) is 20.2. The van der Waals surface area contributed by atoms with Gasteiger partial charge in [0.25, 0.3) is 0 Å². The Morgan fingerprint density at radius 1 is 0.534 bits per heavy atom. The van der Waals surface area contributed by atoms with E-state index in [0.29, 0.717) is 19.3 Å². The molecule has 0 spiro atoms. The molecule has 19 heteroatoms. The third-order valence-electron chi connectivity index (χ3n) is 9.71. The van der Waals surface area contributed by atoms with Crippen LogP contribution in [0, 0.1) is 23.7 Å². The largest absolute Gasteiger partial charge is 0.480 e. The Kier molecular flexibility index (Phi) is 20.8. The van der Waals surface area contributed by atoms with Gasteiger partial charge in [-0.05, 0) is 77.0 Å². The molecule has 0 radical (unpaired) electrons. The zero-order valence-corrected chi connectivity index (χ0v) is 36.2. The number of carboxylic acids is 1. The second-order valence-corrected chi connectivity index (χ2v) is 16.8. The zero-order chi connectivity index (χ0) is 44.8. The summed E-state index contributed by atoms with van der Waals surface area (Å²) in [4.78, 5) is 118. The number of amides is 8. The molecule has 0 saturated carbocycles. The SMILES string of the molecule is CC(C)C[C@H](NC(=O)[C@H](C)NC(=O)[C@@H](N)CC(C)C)C(=O)N[C@@H](C)C(=O)N[C@@H](C)C(=O)N[C@@H](C)C(=O)N[C@H](C(=O)N[C@H](C(=O)N1CCC[C@H]1C(=O)O)C(C)C)C(C)C. The standard InChI is InChI=1S/C39H69N9O10/c1-18(2)16-26(40)35(53)43-24(11)33(51)45-27(17-19(3)4)36(54)44-23(10)32(50)41-22(9)31(49)42-25(12)34(52)46-29(20(5)6)37(55)47-30(21(7)8)38(56)48-15-13-14-28(48)39(57)58/h18-30H,13-17,40H2,1-12H3,(H,41,50)(H,42,49)(H,43,53)(H,44,54)(H,45,51)(H,46,52)(H,47,55)(H,57,58)/t22-,23-,24-,25-,26-,27-,28-,29-,30-/m0/s1. The first-order valence-corrected chi connectivity index (χ1v) is 20.2. The van der Waals surface area contributed by atoms with Crippen LogP contribution in [0.25, 0.3) is 0 Å². The van der Waals surface area contributed by atoms with Crippen molar-refractivity contribution < 1.29 is 48.3 Å². The number of likely N-dealkylation sites (tertiary alicyclic amines) is 1. The molecule has 0 bridgehead atoms. The van der Waals surface area contributed by atoms with Crippen molar-refractivity contribution in [3.63, 3.8) is 0 Å². The van der Waals surface area contributed by atoms with Crippen LogP contribution in [0.3, 0.4) is 0 Å². The van der Waals surface area contributed by atoms with Crippen molar-refractivity contribution in [2.75, 3.05) is 6.54 Å². The first kappa shape index (κ1) is 51.2. The molecule has 1 heterocycles. The number of rotatable bonds is 22. The minimum Gasteiger partial charge on any atom is -0.480 e. The molecule has 58 heavy (non-hydrogen) atoms. The highest BCUT2D eigenvalue weighted by Crippen LogP contribution is 2.21. The van der Waals surface area contributed by atoms with Gasteiger partial charge in [-0.3, -0.25) is 38.4 Å². The van der Waals surface area contributed by atoms with Gasteiger partial charge in [0.1, 0.15) is 48.3 Å². The smallest absolute Gasteiger partial charge is 0.326 e. The van der Waals surface area contributed by atoms with Gasteiger partial charge in [-0.2, -0.15) is 0 Å². The molecule has 330 valence electrons. The Hall–Kier alpha value is -4.81. The van der Waals surface area contributed by atoms with Crippen molar-refractivity contribution >= 4 is 53.2 Å². The Bertz CT molecular complexity index is 1490. The number of aliphatic carboxylic acids is 1. The third kappa shape index (κ3) is 16.2. The molecule has 10 N–H and O–H groups in total. The van der Waals surface area contributed by atoms with E-state index in [1.54, 1.807) is 27.7 Å². The van der Waals surface area contributed by atoms with Crippen LogP contribution in [0.5, 0.6) is 0 Å². The van der Waals surface area contributed by atoms with Crippen LogP contribution >= 0.6 is 0 Å². The number of hydrogen-bond acceptors (Lipinski definition) is 10. The molecular weight excluding hydrogens is 754 g/mol. The van der Waals surface area contributed by atoms with Gasteiger partial charge in [0, 0.05) is 6.54 Å². The van der Waals surface area contributed by atoms with Gasteiger partial charge in [0.15, 0.2) is 0 Å². The van der Waals surface area contributed by atoms with Crippen LogP contribution in [0.1, 0.15) is 109 Å². The Morgan fingerprint density at radius 2 is 0.931 bits per heavy atom. The fraction of sp³-hybridized carbons (Fsp3) is 0.769. The molecule has 1 aliphatic heterocycles. The van der Waals surface area contributed by atoms with E-state index in [2.05, 4.69) is 37.2 Å². The molecule has 8 amide bonds. The summed E-state index contributed by atoms with van der Waals surface area (Å²) in [6, 6.07) is -9.45. The van der Waals surface area contributed by atoms with Crippen LogP contribution in [-0.2, 0) is 43.2 Å². The average molecular weight is 824 g/mol. The molecule has 1 rings (SSSR count). The lowest BCUT2D eigenvalue weighted by Crippen LogP contribution is -2.60. The molecule has 0 aliphatic carbocycles. The van der Waals surface area contributed by atoms with Crippen LogP contribution in [-0.4, -0.2) is 124 Å². The van der Waals surface area contributed by atoms with Gasteiger partial charge in [0.2, 0.25) is 47.3 Å². The molecular formula is C39H69N9O10. The maximum absolute atomic E-state index is 13.4. The van der Waals surface area contributed by atoms with E-state index in [1.807, 2.05) is 27.7 Å². The molecule has 0 aromatic rings. The number of nitrogens with zero attached hydrogens (tertiary/aromatic N) is 1. The van der Waals surface area contributed by atoms with E-state index in [1.165, 1.54) is 32.6 Å². The molecule has 1 fully saturated rings. The number of carbonyl (C=O) groups is 9. The van der Waals surface area contributed by atoms with Crippen molar-refractivity contribution in [1.82, 2.24) is 42.1 Å². The van der Waals surface area contributed by atoms with E-state index in [-0.39, 0.29) is 24.8 Å². The zero-order valence-electron chi connectivity index (χ0n) is 36.2. The number of carboxylic acid groups (broad SMARTS) is 1. The second kappa shape index (κ2) is 23.6. The first-order chi connectivity index (χ1) is 26.8. The number of carbonyl (C=O) groups excluding carboxylic acids is 8. The number of hydrogen-bond donors (Lipinski definition) is 9. The summed E-state index contributed by atoms with van der Waals surface area (Å²) < 4.78 is 0. The molecule has 0 aromatic heterocycles. The maximum atomic E-state index is 13.4. The minimum absolute atomic E-state index is 0.0350. The molecule has 1 saturated heterocycles. The normalized spacial score (nSPS) is 18.2. The minimum atomic E-state index is -1.17. The summed E-state index contributed by atoms with van der Waals surface area (Å²) in [5.74, 6) is -6.95. The van der Waals surface area contributed by atoms with Crippen molar-refractivity contribution in [2.24, 2.45) is 29.4 Å². The highest BCUT2D eigenvalue weighted by atomic mass is 16.4. The predicted molar refractivity (Wildman–Crippen MR) is 215 cm³/mol. The van der Waals surface area contributed by atoms with Crippen LogP contribution < -0.4 is 43.0 Å². The highest BCUT2D eigenvalue weighted by Gasteiger charge is 2.40. The van der Waals surface area contributed by atoms with Crippen molar-refractivity contribution in [1.29, 1.82) is 0 Å². The van der Waals surface area contributed by atoms with Crippen molar-refractivity contribution in [2.45, 2.75) is 163 Å². The van der Waals surface area contributed by atoms with Gasteiger partial charge < -0.3 is 53.0 Å². The summed E-state index contributed by atoms with van der Waals surface area (Å²) in [6.07, 6.45) is 1.48. The molecule has 9 atom stereocenters. The van der Waals surface area contributed by atoms with Gasteiger partial charge in [-0.1, -0.05) is 55.4 Å². The van der Waals surface area contributed by atoms with Gasteiger partial charge >= 0.3 is 5.97 Å². The molecule has 1 aliphatic rings. The lowest BCUT2D eigenvalue weighted by molar-refractivity contribution is -0.150. The Morgan fingerprint density at radius 3 is 1.36 bits per heavy atom. The van der Waals surface area contributed by atoms with Crippen LogP contribution in [0.15, 0.2) is 0 Å². The third-order valence-corrected chi connectivity index (χ3v) is 9.71. The quantitative estimate of drug-likeness (QED) is 0.0656. The lowest BCUT2D eigenvalue weighted by atomic mass is 9.98. The fourth-order valence-corrected chi connectivity index (χ4v) is 6.22. The van der Waals surface area contributed by atoms with Gasteiger partial charge in [-0.25, -0.2) is 4.79 Å². The number of nitrogens with one attached hydrogen (secondary N) is 7. The first-order valence-electron chi connectivity index (χ1n) is 20.2. The second-order valence-electron chi connectivity index (χ2n) is 16.8. The van der Waals surface area contributed by atoms with Crippen molar-refractivity contribution in [3.05, 3.63) is 0 Å². The highest BCUT2D eigenvalue weighted by molar-refractivity contribution is 5.97. The van der Waals surface area contributed by atoms with Crippen molar-refractivity contribution in [3.8, 4) is 0 Å². The van der Waals surface area contributed by atoms with E-state index in [0.717, 1.165) is 0 Å². The Balaban J connectivity index is 2.84. The van der Waals surface area contributed by atoms with E-state index in [4.69, 9.17) is 5.73 Å². The van der Waals surface area contributed by atoms with E-state index >= 15 is 0 Å². The summed E-state index contributed by atoms with van der Waals surface area (Å²) in [7, 11) is 0. The molecule has 0 unspecified atom stereocenters. The fourth-order valence-electron chi connectivity index (χ4n) is 6.22. The monoisotopic (exact) mass is 824 g/mol. The Labute approximate surface area is 342 Å². The van der Waals surface area contributed by atoms with Gasteiger partial charge in [-0.15, -0.1) is 0 Å². The summed E-state index contributed by atoms with van der Waals surface area (Å²) >= 11 is 0. The van der Waals surface area contributed by atoms with Crippen LogP contribution in [0.2, 0.25) is 0 Å². The summed E-state index contributed by atoms with van der Waals surface area (Å²) in [5, 5.41) is 27.6. The van der Waals surface area contributed by atoms with E-state index in [9.17, 15) is 48.3 Å².